The van der Waals surface area contributed by atoms with Crippen molar-refractivity contribution in [1.29, 1.82) is 0 Å². The zero-order chi connectivity index (χ0) is 11.8. The van der Waals surface area contributed by atoms with E-state index in [-0.39, 0.29) is 0 Å². The number of ether oxygens (including phenoxy) is 1. The van der Waals surface area contributed by atoms with Gasteiger partial charge in [0, 0.05) is 0 Å². The van der Waals surface area contributed by atoms with Crippen molar-refractivity contribution in [3.8, 4) is 5.75 Å². The molecule has 0 N–H and O–H groups in total. The van der Waals surface area contributed by atoms with Crippen molar-refractivity contribution in [2.24, 2.45) is 0 Å². The number of allylic oxidation sites excluding steroid dienone is 1. The summed E-state index contributed by atoms with van der Waals surface area (Å²) in [6.07, 6.45) is 6.24. The zero-order valence-corrected chi connectivity index (χ0v) is 10.5. The Kier molecular flexibility index (Phi) is 5.69. The van der Waals surface area contributed by atoms with Gasteiger partial charge in [-0.3, -0.25) is 0 Å². The lowest BCUT2D eigenvalue weighted by molar-refractivity contribution is 0.414. The fourth-order valence-electron chi connectivity index (χ4n) is 1.75. The minimum Gasteiger partial charge on any atom is -0.497 e. The van der Waals surface area contributed by atoms with E-state index in [1.807, 2.05) is 12.1 Å². The summed E-state index contributed by atoms with van der Waals surface area (Å²) in [6, 6.07) is 8.14. The predicted molar refractivity (Wildman–Crippen MR) is 70.8 cm³/mol. The molecular weight excluding hydrogens is 196 g/mol. The molecule has 0 amide bonds. The molecule has 1 rings (SSSR count). The van der Waals surface area contributed by atoms with Crippen LogP contribution in [0.5, 0.6) is 5.75 Å². The van der Waals surface area contributed by atoms with E-state index in [4.69, 9.17) is 4.74 Å². The Hall–Kier alpha value is -1.24. The molecule has 0 aliphatic heterocycles. The lowest BCUT2D eigenvalue weighted by Crippen LogP contribution is -1.87. The maximum Gasteiger partial charge on any atom is 0.119 e. The molecule has 0 saturated carbocycles. The van der Waals surface area contributed by atoms with Crippen LogP contribution in [0.15, 0.2) is 30.8 Å². The van der Waals surface area contributed by atoms with Crippen molar-refractivity contribution in [1.82, 2.24) is 0 Å². The van der Waals surface area contributed by atoms with E-state index < -0.39 is 0 Å². The van der Waals surface area contributed by atoms with Crippen LogP contribution < -0.4 is 4.74 Å². The molecule has 88 valence electrons. The van der Waals surface area contributed by atoms with Gasteiger partial charge in [0.1, 0.15) is 5.75 Å². The van der Waals surface area contributed by atoms with Gasteiger partial charge in [0.05, 0.1) is 7.11 Å². The Balaban J connectivity index is 2.46. The number of benzene rings is 1. The van der Waals surface area contributed by atoms with Crippen LogP contribution in [0.25, 0.3) is 5.57 Å². The molecule has 0 heterocycles. The number of hydrogen-bond acceptors (Lipinski definition) is 1. The highest BCUT2D eigenvalue weighted by Crippen LogP contribution is 2.23. The summed E-state index contributed by atoms with van der Waals surface area (Å²) >= 11 is 0. The molecule has 0 aromatic heterocycles. The normalized spacial score (nSPS) is 10.1. The van der Waals surface area contributed by atoms with Crippen molar-refractivity contribution in [3.63, 3.8) is 0 Å². The third-order valence-corrected chi connectivity index (χ3v) is 2.81. The molecule has 1 aromatic carbocycles. The fourth-order valence-corrected chi connectivity index (χ4v) is 1.75. The molecule has 0 spiro atoms. The summed E-state index contributed by atoms with van der Waals surface area (Å²) in [7, 11) is 1.70. The Labute approximate surface area is 99.1 Å². The molecule has 0 atom stereocenters. The minimum absolute atomic E-state index is 0.909. The van der Waals surface area contributed by atoms with Crippen LogP contribution >= 0.6 is 0 Å². The van der Waals surface area contributed by atoms with E-state index >= 15 is 0 Å². The van der Waals surface area contributed by atoms with Crippen molar-refractivity contribution in [3.05, 3.63) is 36.4 Å². The van der Waals surface area contributed by atoms with Gasteiger partial charge in [0.25, 0.3) is 0 Å². The molecule has 0 saturated heterocycles. The Bertz CT molecular complexity index is 328. The second-order valence-corrected chi connectivity index (χ2v) is 4.15. The van der Waals surface area contributed by atoms with Gasteiger partial charge in [-0.15, -0.1) is 0 Å². The molecule has 16 heavy (non-hydrogen) atoms. The third-order valence-electron chi connectivity index (χ3n) is 2.81. The van der Waals surface area contributed by atoms with Gasteiger partial charge < -0.3 is 4.74 Å². The Morgan fingerprint density at radius 3 is 2.75 bits per heavy atom. The van der Waals surface area contributed by atoms with E-state index in [2.05, 4.69) is 25.6 Å². The van der Waals surface area contributed by atoms with Crippen LogP contribution in [0.4, 0.5) is 0 Å². The van der Waals surface area contributed by atoms with Gasteiger partial charge in [-0.05, 0) is 36.1 Å². The summed E-state index contributed by atoms with van der Waals surface area (Å²) in [5, 5.41) is 0. The second kappa shape index (κ2) is 7.10. The molecule has 0 aliphatic carbocycles. The molecule has 0 fully saturated rings. The fraction of sp³-hybridized carbons (Fsp3) is 0.467. The van der Waals surface area contributed by atoms with E-state index in [0.29, 0.717) is 0 Å². The number of hydrogen-bond donors (Lipinski definition) is 0. The summed E-state index contributed by atoms with van der Waals surface area (Å²) in [5.41, 5.74) is 2.42. The lowest BCUT2D eigenvalue weighted by atomic mass is 10.0. The maximum absolute atomic E-state index is 5.21. The van der Waals surface area contributed by atoms with Gasteiger partial charge in [-0.1, -0.05) is 44.9 Å². The summed E-state index contributed by atoms with van der Waals surface area (Å²) in [5.74, 6) is 0.909. The van der Waals surface area contributed by atoms with Crippen LogP contribution in [-0.4, -0.2) is 7.11 Å². The molecule has 0 unspecified atom stereocenters. The number of methoxy groups -OCH3 is 1. The van der Waals surface area contributed by atoms with E-state index in [9.17, 15) is 0 Å². The Morgan fingerprint density at radius 1 is 1.25 bits per heavy atom. The standard InChI is InChI=1S/C15H22O/c1-4-5-6-7-9-13(2)14-10-8-11-15(12-14)16-3/h8,10-12H,2,4-7,9H2,1,3H3. The first-order chi connectivity index (χ1) is 7.77. The SMILES string of the molecule is C=C(CCCCCC)c1cccc(OC)c1. The summed E-state index contributed by atoms with van der Waals surface area (Å²) in [6.45, 7) is 6.38. The molecule has 1 nitrogen and oxygen atoms in total. The highest BCUT2D eigenvalue weighted by Gasteiger charge is 2.00. The number of rotatable bonds is 7. The largest absolute Gasteiger partial charge is 0.497 e. The zero-order valence-electron chi connectivity index (χ0n) is 10.5. The highest BCUT2D eigenvalue weighted by atomic mass is 16.5. The van der Waals surface area contributed by atoms with E-state index in [0.717, 1.165) is 12.2 Å². The molecule has 0 aliphatic rings. The van der Waals surface area contributed by atoms with Crippen molar-refractivity contribution in [2.75, 3.05) is 7.11 Å². The van der Waals surface area contributed by atoms with Gasteiger partial charge in [0.15, 0.2) is 0 Å². The van der Waals surface area contributed by atoms with Gasteiger partial charge in [-0.25, -0.2) is 0 Å². The highest BCUT2D eigenvalue weighted by molar-refractivity contribution is 5.64. The van der Waals surface area contributed by atoms with Gasteiger partial charge in [0.2, 0.25) is 0 Å². The minimum atomic E-state index is 0.909. The van der Waals surface area contributed by atoms with E-state index in [1.54, 1.807) is 7.11 Å². The first kappa shape index (κ1) is 12.8. The molecule has 1 heteroatoms. The molecule has 0 bridgehead atoms. The van der Waals surface area contributed by atoms with Crippen molar-refractivity contribution >= 4 is 5.57 Å². The average Bonchev–Trinajstić information content (AvgIpc) is 2.34. The predicted octanol–water partition coefficient (Wildman–Crippen LogP) is 4.68. The maximum atomic E-state index is 5.21. The molecular formula is C15H22O. The molecule has 0 radical (unpaired) electrons. The van der Waals surface area contributed by atoms with Crippen molar-refractivity contribution < 1.29 is 4.74 Å². The van der Waals surface area contributed by atoms with Gasteiger partial charge in [-0.2, -0.15) is 0 Å². The first-order valence-electron chi connectivity index (χ1n) is 6.10. The third kappa shape index (κ3) is 4.09. The average molecular weight is 218 g/mol. The van der Waals surface area contributed by atoms with Crippen LogP contribution in [0, 0.1) is 0 Å². The lowest BCUT2D eigenvalue weighted by Gasteiger charge is -2.07. The van der Waals surface area contributed by atoms with Crippen LogP contribution in [-0.2, 0) is 0 Å². The smallest absolute Gasteiger partial charge is 0.119 e. The second-order valence-electron chi connectivity index (χ2n) is 4.15. The monoisotopic (exact) mass is 218 g/mol. The first-order valence-corrected chi connectivity index (χ1v) is 6.10. The van der Waals surface area contributed by atoms with Crippen LogP contribution in [0.1, 0.15) is 44.6 Å². The van der Waals surface area contributed by atoms with Crippen LogP contribution in [0.2, 0.25) is 0 Å². The van der Waals surface area contributed by atoms with E-state index in [1.165, 1.54) is 36.8 Å². The van der Waals surface area contributed by atoms with Crippen LogP contribution in [0.3, 0.4) is 0 Å². The Morgan fingerprint density at radius 2 is 2.06 bits per heavy atom. The summed E-state index contributed by atoms with van der Waals surface area (Å²) in [4.78, 5) is 0. The topological polar surface area (TPSA) is 9.23 Å². The van der Waals surface area contributed by atoms with Crippen molar-refractivity contribution in [2.45, 2.75) is 39.0 Å². The number of unbranched alkanes of at least 4 members (excludes halogenated alkanes) is 3. The molecule has 1 aromatic rings. The summed E-state index contributed by atoms with van der Waals surface area (Å²) < 4.78 is 5.21. The van der Waals surface area contributed by atoms with Gasteiger partial charge >= 0.3 is 0 Å². The quantitative estimate of drug-likeness (QED) is 0.604.